The average molecular weight is 515 g/mol. The van der Waals surface area contributed by atoms with E-state index >= 15 is 0 Å². The molecule has 0 aromatic carbocycles. The third-order valence-electron chi connectivity index (χ3n) is 11.4. The van der Waals surface area contributed by atoms with Crippen LogP contribution in [0.25, 0.3) is 0 Å². The zero-order valence-corrected chi connectivity index (χ0v) is 24.6. The van der Waals surface area contributed by atoms with Crippen molar-refractivity contribution in [3.63, 3.8) is 0 Å². The minimum Gasteiger partial charge on any atom is -0.393 e. The normalized spacial score (nSPS) is 39.4. The number of aliphatic hydroxyl groups excluding tert-OH is 2. The smallest absolute Gasteiger partial charge is 0.147 e. The van der Waals surface area contributed by atoms with Crippen molar-refractivity contribution in [2.45, 2.75) is 117 Å². The molecule has 210 valence electrons. The summed E-state index contributed by atoms with van der Waals surface area (Å²) in [6.45, 7) is 14.3. The van der Waals surface area contributed by atoms with Gasteiger partial charge in [0.05, 0.1) is 17.8 Å². The Bertz CT molecular complexity index is 887. The van der Waals surface area contributed by atoms with Crippen LogP contribution in [0.5, 0.6) is 0 Å². The molecule has 0 radical (unpaired) electrons. The second-order valence-corrected chi connectivity index (χ2v) is 13.8. The summed E-state index contributed by atoms with van der Waals surface area (Å²) in [5.41, 5.74) is 2.84. The van der Waals surface area contributed by atoms with E-state index < -0.39 is 12.2 Å². The van der Waals surface area contributed by atoms with Crippen LogP contribution >= 0.6 is 0 Å². The van der Waals surface area contributed by atoms with Crippen LogP contribution in [0.4, 0.5) is 0 Å². The monoisotopic (exact) mass is 514 g/mol. The van der Waals surface area contributed by atoms with E-state index in [4.69, 9.17) is 9.47 Å². The topological polar surface area (TPSA) is 58.9 Å². The Morgan fingerprint density at radius 2 is 1.89 bits per heavy atom. The Hall–Kier alpha value is -0.940. The zero-order valence-electron chi connectivity index (χ0n) is 24.6. The predicted molar refractivity (Wildman–Crippen MR) is 151 cm³/mol. The van der Waals surface area contributed by atoms with Crippen molar-refractivity contribution < 1.29 is 19.7 Å². The number of aliphatic hydroxyl groups is 2. The molecule has 4 aliphatic rings. The Morgan fingerprint density at radius 1 is 1.14 bits per heavy atom. The van der Waals surface area contributed by atoms with Crippen LogP contribution in [0.2, 0.25) is 0 Å². The van der Waals surface area contributed by atoms with Crippen molar-refractivity contribution in [3.05, 3.63) is 35.5 Å². The Morgan fingerprint density at radius 3 is 2.59 bits per heavy atom. The zero-order chi connectivity index (χ0) is 27.0. The molecule has 9 atom stereocenters. The van der Waals surface area contributed by atoms with Crippen molar-refractivity contribution in [2.75, 3.05) is 13.9 Å². The quantitative estimate of drug-likeness (QED) is 0.239. The van der Waals surface area contributed by atoms with Crippen molar-refractivity contribution in [2.24, 2.45) is 40.4 Å². The number of hydrogen-bond donors (Lipinski definition) is 2. The van der Waals surface area contributed by atoms with E-state index in [0.717, 1.165) is 31.6 Å². The number of ether oxygens (including phenoxy) is 2. The van der Waals surface area contributed by atoms with E-state index in [9.17, 15) is 10.2 Å². The van der Waals surface area contributed by atoms with Crippen LogP contribution in [0.15, 0.2) is 35.5 Å². The number of fused-ring (bicyclic) bond motifs is 5. The first-order valence-corrected chi connectivity index (χ1v) is 15.0. The number of allylic oxidation sites excluding steroid dienone is 5. The van der Waals surface area contributed by atoms with Crippen LogP contribution in [0.1, 0.15) is 99.3 Å². The molecule has 0 aromatic heterocycles. The molecule has 37 heavy (non-hydrogen) atoms. The lowest BCUT2D eigenvalue weighted by Gasteiger charge is -2.56. The van der Waals surface area contributed by atoms with Gasteiger partial charge in [-0.25, -0.2) is 0 Å². The fraction of sp³-hybridized carbons (Fsp3) is 0.818. The molecule has 4 rings (SSSR count). The van der Waals surface area contributed by atoms with Gasteiger partial charge in [0.1, 0.15) is 6.79 Å². The molecule has 4 heteroatoms. The fourth-order valence-corrected chi connectivity index (χ4v) is 8.93. The second kappa shape index (κ2) is 11.3. The van der Waals surface area contributed by atoms with Crippen molar-refractivity contribution in [1.29, 1.82) is 0 Å². The van der Waals surface area contributed by atoms with Gasteiger partial charge in [0.2, 0.25) is 0 Å². The van der Waals surface area contributed by atoms with Crippen LogP contribution < -0.4 is 0 Å². The summed E-state index contributed by atoms with van der Waals surface area (Å²) >= 11 is 0. The first-order chi connectivity index (χ1) is 17.5. The third kappa shape index (κ3) is 5.42. The van der Waals surface area contributed by atoms with Gasteiger partial charge in [0.15, 0.2) is 0 Å². The molecule has 3 saturated carbocycles. The first-order valence-electron chi connectivity index (χ1n) is 15.0. The molecule has 0 aliphatic heterocycles. The summed E-state index contributed by atoms with van der Waals surface area (Å²) in [4.78, 5) is 0. The average Bonchev–Trinajstić information content (AvgIpc) is 3.20. The molecule has 4 aliphatic carbocycles. The molecule has 0 aromatic rings. The lowest BCUT2D eigenvalue weighted by Crippen LogP contribution is -2.52. The summed E-state index contributed by atoms with van der Waals surface area (Å²) in [5, 5.41) is 21.5. The summed E-state index contributed by atoms with van der Waals surface area (Å²) in [7, 11) is 1.67. The van der Waals surface area contributed by atoms with Gasteiger partial charge in [-0.15, -0.1) is 0 Å². The molecule has 0 saturated heterocycles. The van der Waals surface area contributed by atoms with E-state index in [0.29, 0.717) is 42.3 Å². The van der Waals surface area contributed by atoms with Crippen molar-refractivity contribution >= 4 is 0 Å². The molecule has 0 spiro atoms. The van der Waals surface area contributed by atoms with Crippen LogP contribution in [0.3, 0.4) is 0 Å². The second-order valence-electron chi connectivity index (χ2n) is 13.8. The molecule has 0 heterocycles. The van der Waals surface area contributed by atoms with Gasteiger partial charge in [-0.2, -0.15) is 0 Å². The highest BCUT2D eigenvalue weighted by molar-refractivity contribution is 5.40. The first kappa shape index (κ1) is 29.1. The lowest BCUT2D eigenvalue weighted by atomic mass is 9.49. The van der Waals surface area contributed by atoms with Crippen molar-refractivity contribution in [3.8, 4) is 0 Å². The molecular weight excluding hydrogens is 460 g/mol. The molecule has 3 fully saturated rings. The van der Waals surface area contributed by atoms with E-state index in [1.165, 1.54) is 31.3 Å². The SMILES string of the molecule is CC[C@@H](/C=C/CCC(C)(C)OCOC)[C@H](C)[C@H]1CC[C@H]2C3=CC=C4C[C@@H](O)C[C@H](O)[C@]4(C)[C@H]3CC[C@]12C. The molecule has 0 amide bonds. The van der Waals surface area contributed by atoms with E-state index in [1.54, 1.807) is 12.7 Å². The van der Waals surface area contributed by atoms with Crippen LogP contribution in [-0.2, 0) is 9.47 Å². The third-order valence-corrected chi connectivity index (χ3v) is 11.4. The van der Waals surface area contributed by atoms with Gasteiger partial charge >= 0.3 is 0 Å². The van der Waals surface area contributed by atoms with Gasteiger partial charge in [-0.05, 0) is 100 Å². The minimum atomic E-state index is -0.448. The Balaban J connectivity index is 1.46. The summed E-state index contributed by atoms with van der Waals surface area (Å²) in [6.07, 6.45) is 18.2. The van der Waals surface area contributed by atoms with Gasteiger partial charge < -0.3 is 19.7 Å². The number of hydrogen-bond acceptors (Lipinski definition) is 4. The van der Waals surface area contributed by atoms with Gasteiger partial charge in [-0.1, -0.05) is 63.1 Å². The van der Waals surface area contributed by atoms with E-state index in [2.05, 4.69) is 65.8 Å². The van der Waals surface area contributed by atoms with Gasteiger partial charge in [-0.3, -0.25) is 0 Å². The van der Waals surface area contributed by atoms with Crippen molar-refractivity contribution in [1.82, 2.24) is 0 Å². The maximum atomic E-state index is 11.2. The summed E-state index contributed by atoms with van der Waals surface area (Å²) < 4.78 is 10.9. The highest BCUT2D eigenvalue weighted by atomic mass is 16.7. The maximum Gasteiger partial charge on any atom is 0.147 e. The standard InChI is InChI=1S/C33H54O4/c1-8-23(11-9-10-17-31(3,4)37-21-36-7)22(2)27-14-15-28-26-13-12-24-19-25(34)20-30(35)33(24,6)29(26)16-18-32(27,28)5/h9,11-13,22-23,25,27-30,34-35H,8,10,14-21H2,1-7H3/b11-9+/t22-,23-,25+,27+,28-,29-,30-,32+,33-/m0/s1. The predicted octanol–water partition coefficient (Wildman–Crippen LogP) is 7.22. The Labute approximate surface area is 226 Å². The van der Waals surface area contributed by atoms with Crippen LogP contribution in [0, 0.1) is 40.4 Å². The number of rotatable bonds is 10. The largest absolute Gasteiger partial charge is 0.393 e. The van der Waals surface area contributed by atoms with Gasteiger partial charge in [0, 0.05) is 18.9 Å². The summed E-state index contributed by atoms with van der Waals surface area (Å²) in [5.74, 6) is 3.03. The fourth-order valence-electron chi connectivity index (χ4n) is 8.93. The lowest BCUT2D eigenvalue weighted by molar-refractivity contribution is -0.116. The molecule has 0 unspecified atom stereocenters. The maximum absolute atomic E-state index is 11.2. The van der Waals surface area contributed by atoms with Gasteiger partial charge in [0.25, 0.3) is 0 Å². The number of methoxy groups -OCH3 is 1. The van der Waals surface area contributed by atoms with E-state index in [1.807, 2.05) is 0 Å². The highest BCUT2D eigenvalue weighted by Crippen LogP contribution is 2.66. The molecule has 4 nitrogen and oxygen atoms in total. The highest BCUT2D eigenvalue weighted by Gasteiger charge is 2.59. The Kier molecular flexibility index (Phi) is 8.85. The molecule has 2 N–H and O–H groups in total. The van der Waals surface area contributed by atoms with E-state index in [-0.39, 0.29) is 11.0 Å². The molecular formula is C33H54O4. The van der Waals surface area contributed by atoms with Crippen LogP contribution in [-0.4, -0.2) is 41.9 Å². The minimum absolute atomic E-state index is 0.166. The summed E-state index contributed by atoms with van der Waals surface area (Å²) in [6, 6.07) is 0. The molecule has 0 bridgehead atoms.